The van der Waals surface area contributed by atoms with Crippen molar-refractivity contribution < 1.29 is 19.5 Å². The van der Waals surface area contributed by atoms with Crippen LogP contribution >= 0.6 is 0 Å². The van der Waals surface area contributed by atoms with E-state index in [1.165, 1.54) is 12.1 Å². The van der Waals surface area contributed by atoms with E-state index in [2.05, 4.69) is 20.3 Å². The molecule has 0 saturated heterocycles. The Labute approximate surface area is 182 Å². The minimum Gasteiger partial charge on any atom is -0.478 e. The smallest absolute Gasteiger partial charge is 0.335 e. The molecule has 2 aromatic carbocycles. The van der Waals surface area contributed by atoms with Crippen molar-refractivity contribution in [2.45, 2.75) is 12.5 Å². The Balaban J connectivity index is 1.58. The second kappa shape index (κ2) is 8.68. The number of aromatic amines is 1. The minimum atomic E-state index is -1.05. The van der Waals surface area contributed by atoms with Crippen LogP contribution in [0.3, 0.4) is 0 Å². The zero-order chi connectivity index (χ0) is 22.7. The summed E-state index contributed by atoms with van der Waals surface area (Å²) >= 11 is 0. The molecule has 9 heteroatoms. The van der Waals surface area contributed by atoms with Gasteiger partial charge in [0.1, 0.15) is 17.4 Å². The van der Waals surface area contributed by atoms with Gasteiger partial charge in [0.25, 0.3) is 5.91 Å². The van der Waals surface area contributed by atoms with Crippen LogP contribution < -0.4 is 11.1 Å². The number of nitrogens with zero attached hydrogens (tertiary/aromatic N) is 2. The van der Waals surface area contributed by atoms with Gasteiger partial charge in [0.2, 0.25) is 5.91 Å². The lowest BCUT2D eigenvalue weighted by molar-refractivity contribution is -0.119. The maximum absolute atomic E-state index is 13.0. The maximum Gasteiger partial charge on any atom is 0.335 e. The largest absolute Gasteiger partial charge is 0.478 e. The molecule has 0 radical (unpaired) electrons. The van der Waals surface area contributed by atoms with E-state index < -0.39 is 23.8 Å². The molecule has 2 aromatic heterocycles. The first-order valence-corrected chi connectivity index (χ1v) is 9.74. The molecule has 0 aliphatic carbocycles. The van der Waals surface area contributed by atoms with Gasteiger partial charge in [-0.3, -0.25) is 14.6 Å². The SMILES string of the molecule is NC(=O)C(Cc1ccc(C(=O)O)cc1)NC(=O)c1cccc2[nH]c(-c3ccncc3)nc12. The fourth-order valence-electron chi connectivity index (χ4n) is 3.34. The van der Waals surface area contributed by atoms with Gasteiger partial charge in [-0.25, -0.2) is 9.78 Å². The number of carbonyl (C=O) groups is 3. The van der Waals surface area contributed by atoms with Gasteiger partial charge in [-0.05, 0) is 42.0 Å². The van der Waals surface area contributed by atoms with E-state index in [-0.39, 0.29) is 12.0 Å². The van der Waals surface area contributed by atoms with Crippen LogP contribution in [0, 0.1) is 0 Å². The van der Waals surface area contributed by atoms with E-state index in [1.54, 1.807) is 54.9 Å². The number of nitrogens with one attached hydrogen (secondary N) is 2. The Morgan fingerprint density at radius 1 is 1.03 bits per heavy atom. The predicted octanol–water partition coefficient (Wildman–Crippen LogP) is 2.15. The number of primary amides is 1. The number of para-hydroxylation sites is 1. The van der Waals surface area contributed by atoms with Gasteiger partial charge in [-0.1, -0.05) is 18.2 Å². The number of hydrogen-bond donors (Lipinski definition) is 4. The number of pyridine rings is 1. The lowest BCUT2D eigenvalue weighted by atomic mass is 10.0. The summed E-state index contributed by atoms with van der Waals surface area (Å²) in [6, 6.07) is 13.8. The molecular formula is C23H19N5O4. The van der Waals surface area contributed by atoms with Crippen LogP contribution in [-0.4, -0.2) is 43.9 Å². The molecule has 4 rings (SSSR count). The molecule has 1 unspecified atom stereocenters. The van der Waals surface area contributed by atoms with Crippen LogP contribution in [0.1, 0.15) is 26.3 Å². The summed E-state index contributed by atoms with van der Waals surface area (Å²) < 4.78 is 0. The Morgan fingerprint density at radius 3 is 2.41 bits per heavy atom. The third-order valence-corrected chi connectivity index (χ3v) is 5.00. The lowest BCUT2D eigenvalue weighted by Gasteiger charge is -2.16. The average Bonchev–Trinajstić information content (AvgIpc) is 3.24. The first-order chi connectivity index (χ1) is 15.4. The molecule has 0 bridgehead atoms. The summed E-state index contributed by atoms with van der Waals surface area (Å²) in [6.07, 6.45) is 3.42. The number of aromatic nitrogens is 3. The molecule has 2 heterocycles. The minimum absolute atomic E-state index is 0.125. The van der Waals surface area contributed by atoms with Crippen LogP contribution in [0.4, 0.5) is 0 Å². The molecule has 9 nitrogen and oxygen atoms in total. The molecule has 0 fully saturated rings. The summed E-state index contributed by atoms with van der Waals surface area (Å²) in [5.41, 5.74) is 8.55. The zero-order valence-electron chi connectivity index (χ0n) is 16.8. The van der Waals surface area contributed by atoms with E-state index in [4.69, 9.17) is 10.8 Å². The molecule has 0 spiro atoms. The summed E-state index contributed by atoms with van der Waals surface area (Å²) in [4.78, 5) is 47.7. The van der Waals surface area contributed by atoms with Crippen molar-refractivity contribution in [3.05, 3.63) is 83.7 Å². The van der Waals surface area contributed by atoms with Crippen molar-refractivity contribution in [3.63, 3.8) is 0 Å². The molecule has 0 saturated carbocycles. The second-order valence-electron chi connectivity index (χ2n) is 7.16. The van der Waals surface area contributed by atoms with E-state index in [0.717, 1.165) is 5.56 Å². The zero-order valence-corrected chi connectivity index (χ0v) is 16.8. The van der Waals surface area contributed by atoms with Crippen LogP contribution in [-0.2, 0) is 11.2 Å². The number of benzene rings is 2. The number of nitrogens with two attached hydrogens (primary N) is 1. The molecule has 32 heavy (non-hydrogen) atoms. The number of aromatic carboxylic acids is 1. The first-order valence-electron chi connectivity index (χ1n) is 9.74. The summed E-state index contributed by atoms with van der Waals surface area (Å²) in [5.74, 6) is -1.65. The maximum atomic E-state index is 13.0. The number of carboxylic acid groups (broad SMARTS) is 1. The lowest BCUT2D eigenvalue weighted by Crippen LogP contribution is -2.45. The second-order valence-corrected chi connectivity index (χ2v) is 7.16. The summed E-state index contributed by atoms with van der Waals surface area (Å²) in [6.45, 7) is 0. The first kappa shape index (κ1) is 20.7. The van der Waals surface area contributed by atoms with Crippen LogP contribution in [0.15, 0.2) is 67.0 Å². The Hall–Kier alpha value is -4.53. The number of rotatable bonds is 7. The monoisotopic (exact) mass is 429 g/mol. The van der Waals surface area contributed by atoms with Crippen molar-refractivity contribution in [1.29, 1.82) is 0 Å². The number of amides is 2. The van der Waals surface area contributed by atoms with Crippen molar-refractivity contribution in [3.8, 4) is 11.4 Å². The Bertz CT molecular complexity index is 1300. The standard InChI is InChI=1S/C23H19N5O4/c24-20(29)18(12-13-4-6-15(7-5-13)23(31)32)27-22(30)16-2-1-3-17-19(16)28-21(26-17)14-8-10-25-11-9-14/h1-11,18H,12H2,(H2,24,29)(H,26,28)(H,27,30)(H,31,32). The number of hydrogen-bond acceptors (Lipinski definition) is 5. The fourth-order valence-corrected chi connectivity index (χ4v) is 3.34. The Kier molecular flexibility index (Phi) is 5.63. The highest BCUT2D eigenvalue weighted by Gasteiger charge is 2.22. The predicted molar refractivity (Wildman–Crippen MR) is 117 cm³/mol. The third-order valence-electron chi connectivity index (χ3n) is 5.00. The third kappa shape index (κ3) is 4.31. The topological polar surface area (TPSA) is 151 Å². The normalized spacial score (nSPS) is 11.8. The molecule has 2 amide bonds. The van der Waals surface area contributed by atoms with Gasteiger partial charge >= 0.3 is 5.97 Å². The Morgan fingerprint density at radius 2 is 1.75 bits per heavy atom. The number of carboxylic acids is 1. The number of imidazole rings is 1. The molecule has 5 N–H and O–H groups in total. The molecule has 1 atom stereocenters. The molecule has 160 valence electrons. The van der Waals surface area contributed by atoms with E-state index in [0.29, 0.717) is 28.0 Å². The van der Waals surface area contributed by atoms with Crippen molar-refractivity contribution in [2.75, 3.05) is 0 Å². The highest BCUT2D eigenvalue weighted by molar-refractivity contribution is 6.06. The molecule has 4 aromatic rings. The number of fused-ring (bicyclic) bond motifs is 1. The number of carbonyl (C=O) groups excluding carboxylic acids is 2. The number of H-pyrrole nitrogens is 1. The van der Waals surface area contributed by atoms with Gasteiger partial charge in [0, 0.05) is 24.4 Å². The van der Waals surface area contributed by atoms with Gasteiger partial charge < -0.3 is 21.1 Å². The summed E-state index contributed by atoms with van der Waals surface area (Å²) in [5, 5.41) is 11.7. The average molecular weight is 429 g/mol. The van der Waals surface area contributed by atoms with E-state index >= 15 is 0 Å². The van der Waals surface area contributed by atoms with Crippen LogP contribution in [0.5, 0.6) is 0 Å². The molecule has 0 aliphatic heterocycles. The fraction of sp³-hybridized carbons (Fsp3) is 0.0870. The van der Waals surface area contributed by atoms with Gasteiger partial charge in [0.15, 0.2) is 0 Å². The highest BCUT2D eigenvalue weighted by Crippen LogP contribution is 2.22. The molecular weight excluding hydrogens is 410 g/mol. The van der Waals surface area contributed by atoms with Crippen LogP contribution in [0.25, 0.3) is 22.4 Å². The molecule has 0 aliphatic rings. The van der Waals surface area contributed by atoms with E-state index in [1.807, 2.05) is 0 Å². The highest BCUT2D eigenvalue weighted by atomic mass is 16.4. The van der Waals surface area contributed by atoms with Gasteiger partial charge in [-0.2, -0.15) is 0 Å². The quantitative estimate of drug-likeness (QED) is 0.353. The van der Waals surface area contributed by atoms with Crippen LogP contribution in [0.2, 0.25) is 0 Å². The van der Waals surface area contributed by atoms with Crippen molar-refractivity contribution in [1.82, 2.24) is 20.3 Å². The van der Waals surface area contributed by atoms with Crippen molar-refractivity contribution >= 4 is 28.8 Å². The van der Waals surface area contributed by atoms with Crippen molar-refractivity contribution in [2.24, 2.45) is 5.73 Å². The van der Waals surface area contributed by atoms with Gasteiger partial charge in [0.05, 0.1) is 16.6 Å². The van der Waals surface area contributed by atoms with E-state index in [9.17, 15) is 14.4 Å². The summed E-state index contributed by atoms with van der Waals surface area (Å²) in [7, 11) is 0. The van der Waals surface area contributed by atoms with Gasteiger partial charge in [-0.15, -0.1) is 0 Å².